The number of hydrogen-bond donors (Lipinski definition) is 1. The van der Waals surface area contributed by atoms with E-state index in [0.717, 1.165) is 10.2 Å². The van der Waals surface area contributed by atoms with E-state index in [1.165, 1.54) is 11.5 Å². The Balaban J connectivity index is 2.15. The highest BCUT2D eigenvalue weighted by Gasteiger charge is 2.07. The van der Waals surface area contributed by atoms with Gasteiger partial charge < -0.3 is 5.32 Å². The van der Waals surface area contributed by atoms with Crippen LogP contribution in [-0.2, 0) is 6.54 Å². The molecule has 0 aliphatic carbocycles. The van der Waals surface area contributed by atoms with E-state index < -0.39 is 0 Å². The molecule has 3 nitrogen and oxygen atoms in total. The standard InChI is InChI=1S/C9H6BrCl2N3S/c10-5-1-7(11)9(8(12)2-5)13-3-6-4-16-15-14-6/h1-2,4,13H,3H2. The second-order valence-corrected chi connectivity index (χ2v) is 5.33. The van der Waals surface area contributed by atoms with Crippen LogP contribution in [0.4, 0.5) is 5.69 Å². The summed E-state index contributed by atoms with van der Waals surface area (Å²) in [6.45, 7) is 0.553. The lowest BCUT2D eigenvalue weighted by atomic mass is 10.3. The number of aromatic nitrogens is 2. The van der Waals surface area contributed by atoms with Gasteiger partial charge in [-0.3, -0.25) is 0 Å². The van der Waals surface area contributed by atoms with Crippen molar-refractivity contribution in [2.75, 3.05) is 5.32 Å². The quantitative estimate of drug-likeness (QED) is 0.910. The minimum absolute atomic E-state index is 0.553. The Labute approximate surface area is 115 Å². The van der Waals surface area contributed by atoms with Crippen LogP contribution in [0.5, 0.6) is 0 Å². The smallest absolute Gasteiger partial charge is 0.0946 e. The first-order valence-corrected chi connectivity index (χ1v) is 6.69. The number of nitrogens with zero attached hydrogens (tertiary/aromatic N) is 2. The van der Waals surface area contributed by atoms with Gasteiger partial charge in [0.05, 0.1) is 28.0 Å². The molecule has 0 saturated carbocycles. The highest BCUT2D eigenvalue weighted by Crippen LogP contribution is 2.33. The molecule has 0 spiro atoms. The predicted molar refractivity (Wildman–Crippen MR) is 71.4 cm³/mol. The molecule has 0 saturated heterocycles. The molecule has 0 bridgehead atoms. The second kappa shape index (κ2) is 5.31. The molecule has 1 aromatic heterocycles. The number of benzene rings is 1. The maximum absolute atomic E-state index is 6.06. The fourth-order valence-electron chi connectivity index (χ4n) is 1.15. The lowest BCUT2D eigenvalue weighted by Gasteiger charge is -2.09. The molecule has 2 aromatic rings. The van der Waals surface area contributed by atoms with Crippen LogP contribution in [0.15, 0.2) is 22.0 Å². The van der Waals surface area contributed by atoms with E-state index in [1.54, 1.807) is 12.1 Å². The molecule has 0 atom stereocenters. The summed E-state index contributed by atoms with van der Waals surface area (Å²) in [6, 6.07) is 3.57. The van der Waals surface area contributed by atoms with Crippen molar-refractivity contribution in [2.24, 2.45) is 0 Å². The molecule has 84 valence electrons. The predicted octanol–water partition coefficient (Wildman–Crippen LogP) is 4.22. The zero-order valence-corrected chi connectivity index (χ0v) is 11.8. The van der Waals surface area contributed by atoms with Crippen molar-refractivity contribution in [3.63, 3.8) is 0 Å². The SMILES string of the molecule is Clc1cc(Br)cc(Cl)c1NCc1csnn1. The Morgan fingerprint density at radius 1 is 1.31 bits per heavy atom. The van der Waals surface area contributed by atoms with Gasteiger partial charge in [-0.05, 0) is 23.7 Å². The number of anilines is 1. The van der Waals surface area contributed by atoms with E-state index in [4.69, 9.17) is 23.2 Å². The molecule has 1 aromatic carbocycles. The van der Waals surface area contributed by atoms with Crippen molar-refractivity contribution >= 4 is 56.4 Å². The number of rotatable bonds is 3. The Kier molecular flexibility index (Phi) is 4.02. The molecule has 2 rings (SSSR count). The van der Waals surface area contributed by atoms with Gasteiger partial charge in [-0.2, -0.15) is 0 Å². The van der Waals surface area contributed by atoms with Crippen LogP contribution in [0.1, 0.15) is 5.69 Å². The highest BCUT2D eigenvalue weighted by molar-refractivity contribution is 9.10. The fourth-order valence-corrected chi connectivity index (χ4v) is 2.94. The van der Waals surface area contributed by atoms with E-state index in [2.05, 4.69) is 30.8 Å². The topological polar surface area (TPSA) is 37.8 Å². The Bertz CT molecular complexity index is 466. The molecule has 0 fully saturated rings. The molecule has 0 radical (unpaired) electrons. The minimum atomic E-state index is 0.553. The highest BCUT2D eigenvalue weighted by atomic mass is 79.9. The van der Waals surface area contributed by atoms with E-state index in [0.29, 0.717) is 22.3 Å². The molecule has 0 aliphatic heterocycles. The van der Waals surface area contributed by atoms with Gasteiger partial charge in [0.1, 0.15) is 0 Å². The van der Waals surface area contributed by atoms with Crippen LogP contribution >= 0.6 is 50.7 Å². The Morgan fingerprint density at radius 3 is 2.56 bits per heavy atom. The van der Waals surface area contributed by atoms with Gasteiger partial charge in [-0.15, -0.1) is 5.10 Å². The van der Waals surface area contributed by atoms with Gasteiger partial charge in [0.25, 0.3) is 0 Å². The van der Waals surface area contributed by atoms with Crippen molar-refractivity contribution < 1.29 is 0 Å². The molecule has 0 amide bonds. The van der Waals surface area contributed by atoms with Crippen molar-refractivity contribution in [2.45, 2.75) is 6.54 Å². The largest absolute Gasteiger partial charge is 0.377 e. The van der Waals surface area contributed by atoms with E-state index in [1.807, 2.05) is 5.38 Å². The molecular weight excluding hydrogens is 333 g/mol. The summed E-state index contributed by atoms with van der Waals surface area (Å²) >= 11 is 16.8. The average Bonchev–Trinajstić information content (AvgIpc) is 2.68. The first kappa shape index (κ1) is 12.1. The van der Waals surface area contributed by atoms with Gasteiger partial charge in [0.15, 0.2) is 0 Å². The number of halogens is 3. The van der Waals surface area contributed by atoms with E-state index >= 15 is 0 Å². The van der Waals surface area contributed by atoms with Gasteiger partial charge >= 0.3 is 0 Å². The summed E-state index contributed by atoms with van der Waals surface area (Å²) in [4.78, 5) is 0. The van der Waals surface area contributed by atoms with Crippen molar-refractivity contribution in [1.82, 2.24) is 9.59 Å². The maximum atomic E-state index is 6.06. The molecular formula is C9H6BrCl2N3S. The van der Waals surface area contributed by atoms with Crippen molar-refractivity contribution in [3.05, 3.63) is 37.7 Å². The van der Waals surface area contributed by atoms with Crippen LogP contribution < -0.4 is 5.32 Å². The molecule has 0 aliphatic rings. The van der Waals surface area contributed by atoms with Crippen LogP contribution in [0, 0.1) is 0 Å². The van der Waals surface area contributed by atoms with Gasteiger partial charge in [-0.1, -0.05) is 43.6 Å². The summed E-state index contributed by atoms with van der Waals surface area (Å²) in [5, 5.41) is 10.1. The summed E-state index contributed by atoms with van der Waals surface area (Å²) in [6.07, 6.45) is 0. The lowest BCUT2D eigenvalue weighted by molar-refractivity contribution is 0.999. The van der Waals surface area contributed by atoms with Gasteiger partial charge in [0, 0.05) is 9.85 Å². The van der Waals surface area contributed by atoms with Crippen LogP contribution in [-0.4, -0.2) is 9.59 Å². The van der Waals surface area contributed by atoms with E-state index in [-0.39, 0.29) is 0 Å². The first-order chi connectivity index (χ1) is 7.66. The summed E-state index contributed by atoms with van der Waals surface area (Å²) in [5.74, 6) is 0. The average molecular weight is 339 g/mol. The first-order valence-electron chi connectivity index (χ1n) is 4.31. The van der Waals surface area contributed by atoms with Gasteiger partial charge in [-0.25, -0.2) is 0 Å². The third-order valence-corrected chi connectivity index (χ3v) is 3.47. The molecule has 16 heavy (non-hydrogen) atoms. The monoisotopic (exact) mass is 337 g/mol. The maximum Gasteiger partial charge on any atom is 0.0946 e. The number of nitrogens with one attached hydrogen (secondary N) is 1. The van der Waals surface area contributed by atoms with Crippen molar-refractivity contribution in [3.8, 4) is 0 Å². The summed E-state index contributed by atoms with van der Waals surface area (Å²) in [7, 11) is 0. The molecule has 1 N–H and O–H groups in total. The Hall–Kier alpha value is -0.360. The number of hydrogen-bond acceptors (Lipinski definition) is 4. The van der Waals surface area contributed by atoms with Gasteiger partial charge in [0.2, 0.25) is 0 Å². The fraction of sp³-hybridized carbons (Fsp3) is 0.111. The molecule has 1 heterocycles. The zero-order chi connectivity index (χ0) is 11.5. The van der Waals surface area contributed by atoms with Crippen LogP contribution in [0.3, 0.4) is 0 Å². The third-order valence-electron chi connectivity index (χ3n) is 1.86. The summed E-state index contributed by atoms with van der Waals surface area (Å²) < 4.78 is 4.62. The Morgan fingerprint density at radius 2 is 2.00 bits per heavy atom. The zero-order valence-electron chi connectivity index (χ0n) is 7.88. The van der Waals surface area contributed by atoms with Crippen molar-refractivity contribution in [1.29, 1.82) is 0 Å². The molecule has 7 heteroatoms. The van der Waals surface area contributed by atoms with E-state index in [9.17, 15) is 0 Å². The normalized spacial score (nSPS) is 10.4. The third kappa shape index (κ3) is 2.85. The van der Waals surface area contributed by atoms with Crippen LogP contribution in [0.2, 0.25) is 10.0 Å². The van der Waals surface area contributed by atoms with Crippen LogP contribution in [0.25, 0.3) is 0 Å². The summed E-state index contributed by atoms with van der Waals surface area (Å²) in [5.41, 5.74) is 1.57. The minimum Gasteiger partial charge on any atom is -0.377 e. The second-order valence-electron chi connectivity index (χ2n) is 2.99. The molecule has 0 unspecified atom stereocenters. The lowest BCUT2D eigenvalue weighted by Crippen LogP contribution is -2.01.